The topological polar surface area (TPSA) is 122 Å². The standard InChI is InChI=1S/C24H28N4O5S/c1-17-13-19(21-6-2-3-7-22(21)26-17)15-33-20-8-11-28(12-9-20)34(31,32)16-23(27-24(29)30)18-5-4-10-25-14-18/h2-7,10,13-14,20,23,27H,8-9,11-12,15-16H2,1H3,(H,29,30). The van der Waals surface area contributed by atoms with Crippen LogP contribution in [0.4, 0.5) is 4.79 Å². The molecule has 180 valence electrons. The third kappa shape index (κ3) is 5.88. The number of rotatable bonds is 8. The lowest BCUT2D eigenvalue weighted by molar-refractivity contribution is 0.0107. The number of aryl methyl sites for hydroxylation is 1. The lowest BCUT2D eigenvalue weighted by Gasteiger charge is -2.32. The number of piperidine rings is 1. The molecule has 0 aliphatic carbocycles. The number of sulfonamides is 1. The minimum absolute atomic E-state index is 0.0510. The van der Waals surface area contributed by atoms with Crippen molar-refractivity contribution in [1.82, 2.24) is 19.6 Å². The zero-order chi connectivity index (χ0) is 24.1. The molecule has 10 heteroatoms. The summed E-state index contributed by atoms with van der Waals surface area (Å²) in [6, 6.07) is 12.4. The molecule has 0 bridgehead atoms. The Balaban J connectivity index is 1.36. The third-order valence-electron chi connectivity index (χ3n) is 5.96. The number of para-hydroxylation sites is 1. The normalized spacial score (nSPS) is 16.4. The van der Waals surface area contributed by atoms with E-state index >= 15 is 0 Å². The molecule has 3 aromatic rings. The molecular formula is C24H28N4O5S. The first-order chi connectivity index (χ1) is 16.3. The molecule has 34 heavy (non-hydrogen) atoms. The van der Waals surface area contributed by atoms with Crippen molar-refractivity contribution >= 4 is 27.0 Å². The predicted octanol–water partition coefficient (Wildman–Crippen LogP) is 3.26. The van der Waals surface area contributed by atoms with Crippen LogP contribution in [-0.4, -0.2) is 58.8 Å². The van der Waals surface area contributed by atoms with E-state index in [9.17, 15) is 13.2 Å². The number of carboxylic acid groups (broad SMARTS) is 1. The van der Waals surface area contributed by atoms with E-state index in [0.717, 1.165) is 22.2 Å². The Hall–Kier alpha value is -3.08. The van der Waals surface area contributed by atoms with Gasteiger partial charge in [0.15, 0.2) is 0 Å². The summed E-state index contributed by atoms with van der Waals surface area (Å²) in [5.41, 5.74) is 3.43. The number of fused-ring (bicyclic) bond motifs is 1. The molecule has 1 atom stereocenters. The van der Waals surface area contributed by atoms with E-state index in [4.69, 9.17) is 9.84 Å². The van der Waals surface area contributed by atoms with E-state index in [2.05, 4.69) is 15.3 Å². The molecule has 1 unspecified atom stereocenters. The summed E-state index contributed by atoms with van der Waals surface area (Å²) in [6.45, 7) is 3.05. The quantitative estimate of drug-likeness (QED) is 0.503. The zero-order valence-corrected chi connectivity index (χ0v) is 19.7. The van der Waals surface area contributed by atoms with Crippen LogP contribution in [0.25, 0.3) is 10.9 Å². The highest BCUT2D eigenvalue weighted by Crippen LogP contribution is 2.24. The van der Waals surface area contributed by atoms with E-state index in [1.807, 2.05) is 37.3 Å². The van der Waals surface area contributed by atoms with E-state index in [0.29, 0.717) is 38.1 Å². The van der Waals surface area contributed by atoms with Crippen LogP contribution < -0.4 is 5.32 Å². The van der Waals surface area contributed by atoms with Crippen LogP contribution >= 0.6 is 0 Å². The van der Waals surface area contributed by atoms with Crippen molar-refractivity contribution < 1.29 is 23.1 Å². The maximum Gasteiger partial charge on any atom is 0.405 e. The number of aromatic nitrogens is 2. The molecule has 0 spiro atoms. The molecule has 2 N–H and O–H groups in total. The van der Waals surface area contributed by atoms with Crippen LogP contribution in [0.15, 0.2) is 54.9 Å². The van der Waals surface area contributed by atoms with Gasteiger partial charge in [-0.25, -0.2) is 17.5 Å². The Morgan fingerprint density at radius 3 is 2.71 bits per heavy atom. The number of pyridine rings is 2. The highest BCUT2D eigenvalue weighted by Gasteiger charge is 2.32. The Kier molecular flexibility index (Phi) is 7.40. The van der Waals surface area contributed by atoms with Crippen molar-refractivity contribution in [2.75, 3.05) is 18.8 Å². The summed E-state index contributed by atoms with van der Waals surface area (Å²) in [7, 11) is -3.69. The molecule has 1 aliphatic heterocycles. The van der Waals surface area contributed by atoms with Crippen LogP contribution in [0, 0.1) is 6.92 Å². The maximum absolute atomic E-state index is 13.0. The Morgan fingerprint density at radius 1 is 1.24 bits per heavy atom. The second-order valence-electron chi connectivity index (χ2n) is 8.42. The summed E-state index contributed by atoms with van der Waals surface area (Å²) in [5.74, 6) is -0.362. The number of benzene rings is 1. The van der Waals surface area contributed by atoms with Gasteiger partial charge in [0.1, 0.15) is 0 Å². The van der Waals surface area contributed by atoms with Gasteiger partial charge in [-0.3, -0.25) is 9.97 Å². The number of hydrogen-bond donors (Lipinski definition) is 2. The van der Waals surface area contributed by atoms with Gasteiger partial charge in [-0.15, -0.1) is 0 Å². The first-order valence-electron chi connectivity index (χ1n) is 11.2. The first-order valence-corrected chi connectivity index (χ1v) is 12.8. The molecule has 3 heterocycles. The molecule has 1 aromatic carbocycles. The second-order valence-corrected chi connectivity index (χ2v) is 10.4. The molecular weight excluding hydrogens is 456 g/mol. The van der Waals surface area contributed by atoms with Gasteiger partial charge >= 0.3 is 6.09 Å². The summed E-state index contributed by atoms with van der Waals surface area (Å²) >= 11 is 0. The van der Waals surface area contributed by atoms with Crippen molar-refractivity contribution in [3.8, 4) is 0 Å². The number of carbonyl (C=O) groups is 1. The number of ether oxygens (including phenoxy) is 1. The molecule has 2 aromatic heterocycles. The SMILES string of the molecule is Cc1cc(COC2CCN(S(=O)(=O)CC(NC(=O)O)c3cccnc3)CC2)c2ccccc2n1. The first kappa shape index (κ1) is 24.1. The lowest BCUT2D eigenvalue weighted by atomic mass is 10.1. The van der Waals surface area contributed by atoms with Gasteiger partial charge in [0.05, 0.1) is 30.0 Å². The van der Waals surface area contributed by atoms with E-state index in [-0.39, 0.29) is 11.9 Å². The Labute approximate surface area is 198 Å². The Morgan fingerprint density at radius 2 is 2.00 bits per heavy atom. The van der Waals surface area contributed by atoms with E-state index < -0.39 is 22.2 Å². The summed E-state index contributed by atoms with van der Waals surface area (Å²) < 4.78 is 33.7. The molecule has 0 radical (unpaired) electrons. The van der Waals surface area contributed by atoms with Crippen molar-refractivity contribution in [3.63, 3.8) is 0 Å². The van der Waals surface area contributed by atoms with Crippen LogP contribution in [0.2, 0.25) is 0 Å². The van der Waals surface area contributed by atoms with Gasteiger partial charge in [0, 0.05) is 36.6 Å². The van der Waals surface area contributed by atoms with Gasteiger partial charge in [-0.1, -0.05) is 24.3 Å². The van der Waals surface area contributed by atoms with Crippen LogP contribution in [0.1, 0.15) is 35.7 Å². The van der Waals surface area contributed by atoms with E-state index in [1.165, 1.54) is 10.5 Å². The summed E-state index contributed by atoms with van der Waals surface area (Å²) in [6.07, 6.45) is 2.84. The minimum atomic E-state index is -3.69. The summed E-state index contributed by atoms with van der Waals surface area (Å²) in [5, 5.41) is 12.5. The predicted molar refractivity (Wildman–Crippen MR) is 128 cm³/mol. The van der Waals surface area contributed by atoms with Crippen LogP contribution in [0.3, 0.4) is 0 Å². The molecule has 1 fully saturated rings. The van der Waals surface area contributed by atoms with Crippen LogP contribution in [-0.2, 0) is 21.4 Å². The van der Waals surface area contributed by atoms with Gasteiger partial charge in [0.2, 0.25) is 10.0 Å². The molecule has 4 rings (SSSR count). The molecule has 1 saturated heterocycles. The van der Waals surface area contributed by atoms with Crippen molar-refractivity contribution in [2.24, 2.45) is 0 Å². The number of nitrogens with one attached hydrogen (secondary N) is 1. The lowest BCUT2D eigenvalue weighted by Crippen LogP contribution is -2.44. The Bertz CT molecular complexity index is 1240. The average molecular weight is 485 g/mol. The zero-order valence-electron chi connectivity index (χ0n) is 18.9. The molecule has 1 aliphatic rings. The maximum atomic E-state index is 13.0. The smallest absolute Gasteiger partial charge is 0.405 e. The fourth-order valence-electron chi connectivity index (χ4n) is 4.27. The average Bonchev–Trinajstić information content (AvgIpc) is 2.82. The molecule has 0 saturated carbocycles. The molecule has 9 nitrogen and oxygen atoms in total. The van der Waals surface area contributed by atoms with Gasteiger partial charge in [-0.2, -0.15) is 0 Å². The third-order valence-corrected chi connectivity index (χ3v) is 7.87. The van der Waals surface area contributed by atoms with Gasteiger partial charge in [0.25, 0.3) is 0 Å². The van der Waals surface area contributed by atoms with Crippen molar-refractivity contribution in [1.29, 1.82) is 0 Å². The largest absolute Gasteiger partial charge is 0.465 e. The monoisotopic (exact) mass is 484 g/mol. The highest BCUT2D eigenvalue weighted by atomic mass is 32.2. The number of hydrogen-bond acceptors (Lipinski definition) is 6. The van der Waals surface area contributed by atoms with Crippen molar-refractivity contribution in [2.45, 2.75) is 38.5 Å². The number of amides is 1. The summed E-state index contributed by atoms with van der Waals surface area (Å²) in [4.78, 5) is 19.7. The fourth-order valence-corrected chi connectivity index (χ4v) is 5.94. The van der Waals surface area contributed by atoms with Gasteiger partial charge < -0.3 is 15.2 Å². The van der Waals surface area contributed by atoms with E-state index in [1.54, 1.807) is 18.3 Å². The van der Waals surface area contributed by atoms with Crippen molar-refractivity contribution in [3.05, 3.63) is 71.7 Å². The minimum Gasteiger partial charge on any atom is -0.465 e. The van der Waals surface area contributed by atoms with Gasteiger partial charge in [-0.05, 0) is 49.1 Å². The highest BCUT2D eigenvalue weighted by molar-refractivity contribution is 7.89. The number of nitrogens with zero attached hydrogens (tertiary/aromatic N) is 3. The molecule has 1 amide bonds. The second kappa shape index (κ2) is 10.5. The van der Waals surface area contributed by atoms with Crippen LogP contribution in [0.5, 0.6) is 0 Å². The fraction of sp³-hybridized carbons (Fsp3) is 0.375.